The molecule has 39 heavy (non-hydrogen) atoms. The van der Waals surface area contributed by atoms with Crippen LogP contribution < -0.4 is 20.1 Å². The lowest BCUT2D eigenvalue weighted by atomic mass is 10.0. The lowest BCUT2D eigenvalue weighted by molar-refractivity contribution is -0.130. The Kier molecular flexibility index (Phi) is 8.84. The lowest BCUT2D eigenvalue weighted by Crippen LogP contribution is -2.53. The number of oxazole rings is 1. The summed E-state index contributed by atoms with van der Waals surface area (Å²) in [5.41, 5.74) is 0.937. The van der Waals surface area contributed by atoms with Gasteiger partial charge >= 0.3 is 0 Å². The first-order valence-corrected chi connectivity index (χ1v) is 12.9. The number of ether oxygens (including phenoxy) is 2. The van der Waals surface area contributed by atoms with E-state index in [0.29, 0.717) is 42.6 Å². The monoisotopic (exact) mass is 538 g/mol. The first kappa shape index (κ1) is 27.7. The molecular weight excluding hydrogens is 504 g/mol. The smallest absolute Gasteiger partial charge is 0.276 e. The average Bonchev–Trinajstić information content (AvgIpc) is 3.59. The summed E-state index contributed by atoms with van der Waals surface area (Å²) < 4.78 is 18.8. The van der Waals surface area contributed by atoms with Crippen LogP contribution in [0.5, 0.6) is 11.5 Å². The van der Waals surface area contributed by atoms with Crippen molar-refractivity contribution in [2.75, 3.05) is 33.4 Å². The Morgan fingerprint density at radius 2 is 2.05 bits per heavy atom. The number of rotatable bonds is 4. The molecule has 1 aliphatic rings. The van der Waals surface area contributed by atoms with Gasteiger partial charge in [-0.05, 0) is 24.1 Å². The quantitative estimate of drug-likeness (QED) is 0.513. The van der Waals surface area contributed by atoms with Crippen LogP contribution in [0, 0.1) is 5.92 Å². The van der Waals surface area contributed by atoms with Crippen molar-refractivity contribution in [1.29, 1.82) is 0 Å². The second-order valence-corrected chi connectivity index (χ2v) is 9.44. The number of aryl methyl sites for hydroxylation is 1. The molecule has 12 nitrogen and oxygen atoms in total. The van der Waals surface area contributed by atoms with Gasteiger partial charge in [-0.2, -0.15) is 0 Å². The molecule has 0 unspecified atom stereocenters. The molecule has 1 atom stereocenters. The molecule has 12 heteroatoms. The third-order valence-corrected chi connectivity index (χ3v) is 6.46. The normalized spacial score (nSPS) is 17.1. The van der Waals surface area contributed by atoms with Gasteiger partial charge in [0.1, 0.15) is 30.8 Å². The Labute approximate surface area is 226 Å². The van der Waals surface area contributed by atoms with Gasteiger partial charge in [-0.3, -0.25) is 14.4 Å². The molecule has 2 aromatic heterocycles. The van der Waals surface area contributed by atoms with Crippen molar-refractivity contribution in [3.8, 4) is 22.9 Å². The van der Waals surface area contributed by atoms with Gasteiger partial charge in [-0.25, -0.2) is 9.97 Å². The summed E-state index contributed by atoms with van der Waals surface area (Å²) in [7, 11) is 1.54. The first-order chi connectivity index (χ1) is 18.8. The van der Waals surface area contributed by atoms with E-state index < -0.39 is 17.9 Å². The SMILES string of the molecule is CCc1ocnc1C(=O)N1CCOc2cc(ccc2OC)-c2nccn2CCNC(=O)[C@@H](C(C)C)NC(=O)C1. The van der Waals surface area contributed by atoms with E-state index in [4.69, 9.17) is 13.9 Å². The molecule has 3 amide bonds. The largest absolute Gasteiger partial charge is 0.493 e. The maximum Gasteiger partial charge on any atom is 0.276 e. The van der Waals surface area contributed by atoms with Gasteiger partial charge in [-0.15, -0.1) is 0 Å². The molecule has 2 N–H and O–H groups in total. The Morgan fingerprint density at radius 1 is 1.23 bits per heavy atom. The van der Waals surface area contributed by atoms with Crippen LogP contribution in [0.1, 0.15) is 37.0 Å². The zero-order valence-corrected chi connectivity index (χ0v) is 22.6. The number of nitrogens with zero attached hydrogens (tertiary/aromatic N) is 4. The highest BCUT2D eigenvalue weighted by molar-refractivity contribution is 5.96. The minimum Gasteiger partial charge on any atom is -0.493 e. The Morgan fingerprint density at radius 3 is 2.79 bits per heavy atom. The molecule has 1 aliphatic heterocycles. The van der Waals surface area contributed by atoms with Gasteiger partial charge in [0.05, 0.1) is 13.7 Å². The van der Waals surface area contributed by atoms with Crippen molar-refractivity contribution in [2.24, 2.45) is 5.92 Å². The molecule has 0 saturated carbocycles. The fourth-order valence-corrected chi connectivity index (χ4v) is 4.38. The van der Waals surface area contributed by atoms with E-state index in [9.17, 15) is 14.4 Å². The standard InChI is InChI=1S/C27H34N6O6/c1-5-19-24(30-16-39-19)27(36)33-12-13-38-21-14-18(6-7-20(21)37-4)25-28-8-10-32(25)11-9-29-26(35)23(17(2)3)31-22(34)15-33/h6-8,10,14,16-17,23H,5,9,11-13,15H2,1-4H3,(H,29,35)(H,31,34)/t23-/m1/s1. The predicted octanol–water partition coefficient (Wildman–Crippen LogP) is 1.90. The number of imidazole rings is 1. The first-order valence-electron chi connectivity index (χ1n) is 12.9. The van der Waals surface area contributed by atoms with E-state index in [1.54, 1.807) is 19.4 Å². The number of hydrogen-bond donors (Lipinski definition) is 2. The van der Waals surface area contributed by atoms with Crippen molar-refractivity contribution in [3.63, 3.8) is 0 Å². The minimum atomic E-state index is -0.777. The molecule has 2 bridgehead atoms. The van der Waals surface area contributed by atoms with Crippen molar-refractivity contribution in [2.45, 2.75) is 39.8 Å². The molecule has 0 fully saturated rings. The van der Waals surface area contributed by atoms with Gasteiger partial charge < -0.3 is 34.0 Å². The van der Waals surface area contributed by atoms with E-state index in [-0.39, 0.29) is 37.2 Å². The number of benzene rings is 1. The van der Waals surface area contributed by atoms with Crippen LogP contribution in [0.4, 0.5) is 0 Å². The van der Waals surface area contributed by atoms with E-state index in [2.05, 4.69) is 20.6 Å². The van der Waals surface area contributed by atoms with Crippen LogP contribution in [0.25, 0.3) is 11.4 Å². The van der Waals surface area contributed by atoms with Gasteiger partial charge in [0.2, 0.25) is 11.8 Å². The zero-order chi connectivity index (χ0) is 27.9. The van der Waals surface area contributed by atoms with E-state index >= 15 is 0 Å². The van der Waals surface area contributed by atoms with Crippen molar-refractivity contribution < 1.29 is 28.3 Å². The highest BCUT2D eigenvalue weighted by atomic mass is 16.5. The molecule has 1 aromatic carbocycles. The summed E-state index contributed by atoms with van der Waals surface area (Å²) in [5.74, 6) is 0.686. The van der Waals surface area contributed by atoms with E-state index in [1.165, 1.54) is 11.3 Å². The third kappa shape index (κ3) is 6.39. The molecule has 3 aromatic rings. The van der Waals surface area contributed by atoms with E-state index in [1.807, 2.05) is 43.7 Å². The fourth-order valence-electron chi connectivity index (χ4n) is 4.38. The molecule has 0 aliphatic carbocycles. The summed E-state index contributed by atoms with van der Waals surface area (Å²) in [4.78, 5) is 49.4. The van der Waals surface area contributed by atoms with Crippen LogP contribution in [-0.2, 0) is 22.6 Å². The number of methoxy groups -OCH3 is 1. The second kappa shape index (κ2) is 12.5. The topological polar surface area (TPSA) is 141 Å². The lowest BCUT2D eigenvalue weighted by Gasteiger charge is -2.25. The number of fused-ring (bicyclic) bond motifs is 4. The Bertz CT molecular complexity index is 1320. The second-order valence-electron chi connectivity index (χ2n) is 9.44. The number of carbonyl (C=O) groups is 3. The van der Waals surface area contributed by atoms with Crippen molar-refractivity contribution >= 4 is 17.7 Å². The van der Waals surface area contributed by atoms with E-state index in [0.717, 1.165) is 5.56 Å². The summed E-state index contributed by atoms with van der Waals surface area (Å²) >= 11 is 0. The summed E-state index contributed by atoms with van der Waals surface area (Å²) in [6.07, 6.45) is 5.20. The van der Waals surface area contributed by atoms with Crippen LogP contribution in [0.15, 0.2) is 41.4 Å². The van der Waals surface area contributed by atoms with Crippen LogP contribution in [-0.4, -0.2) is 76.5 Å². The number of carbonyl (C=O) groups excluding carboxylic acids is 3. The minimum absolute atomic E-state index is 0.0701. The highest BCUT2D eigenvalue weighted by Crippen LogP contribution is 2.32. The summed E-state index contributed by atoms with van der Waals surface area (Å²) in [6, 6.07) is 4.70. The van der Waals surface area contributed by atoms with Gasteiger partial charge in [0.15, 0.2) is 23.6 Å². The van der Waals surface area contributed by atoms with Crippen LogP contribution >= 0.6 is 0 Å². The number of amides is 3. The number of aromatic nitrogens is 3. The Hall–Kier alpha value is -4.35. The van der Waals surface area contributed by atoms with Crippen molar-refractivity contribution in [1.82, 2.24) is 30.1 Å². The molecule has 208 valence electrons. The molecular formula is C27H34N6O6. The molecule has 0 spiro atoms. The third-order valence-electron chi connectivity index (χ3n) is 6.46. The van der Waals surface area contributed by atoms with Crippen molar-refractivity contribution in [3.05, 3.63) is 48.4 Å². The maximum atomic E-state index is 13.4. The maximum absolute atomic E-state index is 13.4. The van der Waals surface area contributed by atoms with Crippen LogP contribution in [0.3, 0.4) is 0 Å². The molecule has 4 rings (SSSR count). The predicted molar refractivity (Wildman–Crippen MR) is 141 cm³/mol. The summed E-state index contributed by atoms with van der Waals surface area (Å²) in [5, 5.41) is 5.69. The number of nitrogens with one attached hydrogen (secondary N) is 2. The number of hydrogen-bond acceptors (Lipinski definition) is 8. The van der Waals surface area contributed by atoms with Gasteiger partial charge in [-0.1, -0.05) is 20.8 Å². The van der Waals surface area contributed by atoms with Gasteiger partial charge in [0, 0.05) is 37.5 Å². The molecule has 0 saturated heterocycles. The zero-order valence-electron chi connectivity index (χ0n) is 22.6. The fraction of sp³-hybridized carbons (Fsp3) is 0.444. The summed E-state index contributed by atoms with van der Waals surface area (Å²) in [6.45, 7) is 6.20. The highest BCUT2D eigenvalue weighted by Gasteiger charge is 2.28. The Balaban J connectivity index is 1.67. The molecule has 3 heterocycles. The molecule has 0 radical (unpaired) electrons. The average molecular weight is 539 g/mol. The van der Waals surface area contributed by atoms with Crippen LogP contribution in [0.2, 0.25) is 0 Å². The van der Waals surface area contributed by atoms with Gasteiger partial charge in [0.25, 0.3) is 5.91 Å².